The summed E-state index contributed by atoms with van der Waals surface area (Å²) in [5.74, 6) is 0. The Hall–Kier alpha value is -1.93. The second kappa shape index (κ2) is 5.37. The molecule has 7 nitrogen and oxygen atoms in total. The van der Waals surface area contributed by atoms with Gasteiger partial charge in [0.2, 0.25) is 0 Å². The van der Waals surface area contributed by atoms with E-state index >= 15 is 0 Å². The van der Waals surface area contributed by atoms with Crippen LogP contribution in [0.1, 0.15) is 11.3 Å². The number of aryl methyl sites for hydroxylation is 1. The zero-order valence-electron chi connectivity index (χ0n) is 10.6. The maximum absolute atomic E-state index is 12.2. The Morgan fingerprint density at radius 3 is 2.74 bits per heavy atom. The van der Waals surface area contributed by atoms with Crippen LogP contribution in [-0.2, 0) is 16.6 Å². The third-order valence-electron chi connectivity index (χ3n) is 2.48. The molecule has 0 atom stereocenters. The van der Waals surface area contributed by atoms with Gasteiger partial charge in [-0.15, -0.1) is 0 Å². The van der Waals surface area contributed by atoms with Crippen molar-refractivity contribution in [3.63, 3.8) is 0 Å². The maximum Gasteiger partial charge on any atom is 0.279 e. The van der Waals surface area contributed by atoms with E-state index in [1.165, 1.54) is 12.4 Å². The second-order valence-electron chi connectivity index (χ2n) is 4.05. The number of pyridine rings is 1. The molecule has 2 heterocycles. The fourth-order valence-corrected chi connectivity index (χ4v) is 2.76. The van der Waals surface area contributed by atoms with E-state index in [0.717, 1.165) is 5.69 Å². The molecule has 2 aromatic rings. The van der Waals surface area contributed by atoms with E-state index in [0.29, 0.717) is 17.8 Å². The monoisotopic (exact) mass is 281 g/mol. The van der Waals surface area contributed by atoms with E-state index in [4.69, 9.17) is 0 Å². The molecular formula is C11H15N5O2S. The predicted octanol–water partition coefficient (Wildman–Crippen LogP) is 0.633. The number of hydrogen-bond donors (Lipinski definition) is 3. The largest absolute Gasteiger partial charge is 0.316 e. The topological polar surface area (TPSA) is 99.8 Å². The molecule has 0 aliphatic carbocycles. The van der Waals surface area contributed by atoms with Gasteiger partial charge in [-0.1, -0.05) is 0 Å². The molecule has 0 saturated carbocycles. The van der Waals surface area contributed by atoms with Gasteiger partial charge in [0.1, 0.15) is 0 Å². The molecule has 0 unspecified atom stereocenters. The number of aromatic amines is 1. The lowest BCUT2D eigenvalue weighted by atomic mass is 10.4. The molecule has 102 valence electrons. The lowest BCUT2D eigenvalue weighted by Crippen LogP contribution is -2.17. The standard InChI is InChI=1S/C11H15N5O2S/c1-8-3-4-10(7-13-8)16-19(17,18)11-9(5-12-2)6-14-15-11/h3-4,6-7,12,16H,5H2,1-2H3,(H,14,15). The Labute approximate surface area is 111 Å². The van der Waals surface area contributed by atoms with Gasteiger partial charge >= 0.3 is 0 Å². The van der Waals surface area contributed by atoms with Crippen LogP contribution in [0.5, 0.6) is 0 Å². The van der Waals surface area contributed by atoms with Gasteiger partial charge in [0.05, 0.1) is 18.1 Å². The van der Waals surface area contributed by atoms with Crippen LogP contribution in [0.3, 0.4) is 0 Å². The molecule has 0 aliphatic rings. The highest BCUT2D eigenvalue weighted by atomic mass is 32.2. The fourth-order valence-electron chi connectivity index (χ4n) is 1.58. The molecule has 0 saturated heterocycles. The van der Waals surface area contributed by atoms with Crippen molar-refractivity contribution in [2.24, 2.45) is 0 Å². The molecule has 2 rings (SSSR count). The lowest BCUT2D eigenvalue weighted by Gasteiger charge is -2.08. The third kappa shape index (κ3) is 3.09. The van der Waals surface area contributed by atoms with Gasteiger partial charge in [-0.25, -0.2) is 0 Å². The first kappa shape index (κ1) is 13.5. The number of rotatable bonds is 5. The summed E-state index contributed by atoms with van der Waals surface area (Å²) in [6.45, 7) is 2.25. The Morgan fingerprint density at radius 2 is 2.11 bits per heavy atom. The van der Waals surface area contributed by atoms with Crippen molar-refractivity contribution in [1.29, 1.82) is 0 Å². The molecule has 19 heavy (non-hydrogen) atoms. The predicted molar refractivity (Wildman–Crippen MR) is 71.1 cm³/mol. The molecule has 8 heteroatoms. The fraction of sp³-hybridized carbons (Fsp3) is 0.273. The van der Waals surface area contributed by atoms with E-state index in [1.807, 2.05) is 6.92 Å². The Bertz CT molecular complexity index is 648. The number of hydrogen-bond acceptors (Lipinski definition) is 5. The van der Waals surface area contributed by atoms with Crippen LogP contribution in [0.15, 0.2) is 29.6 Å². The normalized spacial score (nSPS) is 11.5. The summed E-state index contributed by atoms with van der Waals surface area (Å²) in [7, 11) is -1.95. The van der Waals surface area contributed by atoms with Gasteiger partial charge in [-0.2, -0.15) is 13.5 Å². The number of nitrogens with one attached hydrogen (secondary N) is 3. The quantitative estimate of drug-likeness (QED) is 0.746. The van der Waals surface area contributed by atoms with Crippen LogP contribution in [-0.4, -0.2) is 30.6 Å². The molecule has 0 fully saturated rings. The van der Waals surface area contributed by atoms with E-state index in [1.54, 1.807) is 19.2 Å². The van der Waals surface area contributed by atoms with Crippen molar-refractivity contribution < 1.29 is 8.42 Å². The van der Waals surface area contributed by atoms with Crippen molar-refractivity contribution in [3.05, 3.63) is 35.8 Å². The van der Waals surface area contributed by atoms with Crippen LogP contribution in [0.25, 0.3) is 0 Å². The molecule has 0 bridgehead atoms. The van der Waals surface area contributed by atoms with Gasteiger partial charge in [0, 0.05) is 17.8 Å². The summed E-state index contributed by atoms with van der Waals surface area (Å²) < 4.78 is 26.9. The molecule has 0 spiro atoms. The summed E-state index contributed by atoms with van der Waals surface area (Å²) in [6, 6.07) is 3.40. The second-order valence-corrected chi connectivity index (χ2v) is 5.67. The maximum atomic E-state index is 12.2. The van der Waals surface area contributed by atoms with Crippen molar-refractivity contribution in [3.8, 4) is 0 Å². The highest BCUT2D eigenvalue weighted by Crippen LogP contribution is 2.16. The average Bonchev–Trinajstić information content (AvgIpc) is 2.81. The third-order valence-corrected chi connectivity index (χ3v) is 3.87. The Morgan fingerprint density at radius 1 is 1.32 bits per heavy atom. The zero-order valence-corrected chi connectivity index (χ0v) is 11.5. The molecule has 2 aromatic heterocycles. The summed E-state index contributed by atoms with van der Waals surface area (Å²) in [4.78, 5) is 4.04. The highest BCUT2D eigenvalue weighted by molar-refractivity contribution is 7.92. The van der Waals surface area contributed by atoms with Crippen LogP contribution >= 0.6 is 0 Å². The number of sulfonamides is 1. The van der Waals surface area contributed by atoms with Gasteiger partial charge < -0.3 is 5.32 Å². The zero-order chi connectivity index (χ0) is 13.9. The van der Waals surface area contributed by atoms with Crippen molar-refractivity contribution in [1.82, 2.24) is 20.5 Å². The average molecular weight is 281 g/mol. The number of anilines is 1. The summed E-state index contributed by atoms with van der Waals surface area (Å²) >= 11 is 0. The van der Waals surface area contributed by atoms with E-state index < -0.39 is 10.0 Å². The first-order valence-corrected chi connectivity index (χ1v) is 7.13. The van der Waals surface area contributed by atoms with E-state index in [9.17, 15) is 8.42 Å². The van der Waals surface area contributed by atoms with Crippen molar-refractivity contribution >= 4 is 15.7 Å². The lowest BCUT2D eigenvalue weighted by molar-refractivity contribution is 0.595. The minimum Gasteiger partial charge on any atom is -0.316 e. The SMILES string of the molecule is CNCc1cn[nH]c1S(=O)(=O)Nc1ccc(C)nc1. The first-order valence-electron chi connectivity index (χ1n) is 5.65. The Balaban J connectivity index is 2.27. The number of aromatic nitrogens is 3. The van der Waals surface area contributed by atoms with Gasteiger partial charge in [0.15, 0.2) is 5.03 Å². The molecule has 3 N–H and O–H groups in total. The first-order chi connectivity index (χ1) is 9.03. The summed E-state index contributed by atoms with van der Waals surface area (Å²) in [6.07, 6.45) is 2.96. The van der Waals surface area contributed by atoms with E-state index in [2.05, 4.69) is 25.2 Å². The van der Waals surface area contributed by atoms with Crippen LogP contribution in [0.2, 0.25) is 0 Å². The summed E-state index contributed by atoms with van der Waals surface area (Å²) in [5, 5.41) is 9.21. The van der Waals surface area contributed by atoms with Crippen LogP contribution in [0, 0.1) is 6.92 Å². The molecule has 0 aromatic carbocycles. The number of H-pyrrole nitrogens is 1. The summed E-state index contributed by atoms with van der Waals surface area (Å²) in [5.41, 5.74) is 1.81. The smallest absolute Gasteiger partial charge is 0.279 e. The molecular weight excluding hydrogens is 266 g/mol. The van der Waals surface area contributed by atoms with Crippen molar-refractivity contribution in [2.75, 3.05) is 11.8 Å². The molecule has 0 aliphatic heterocycles. The number of nitrogens with zero attached hydrogens (tertiary/aromatic N) is 2. The van der Waals surface area contributed by atoms with Crippen molar-refractivity contribution in [2.45, 2.75) is 18.5 Å². The minimum atomic E-state index is -3.68. The molecule has 0 amide bonds. The van der Waals surface area contributed by atoms with Crippen LogP contribution in [0.4, 0.5) is 5.69 Å². The van der Waals surface area contributed by atoms with Gasteiger partial charge in [-0.05, 0) is 26.1 Å². The Kier molecular flexibility index (Phi) is 3.82. The highest BCUT2D eigenvalue weighted by Gasteiger charge is 2.20. The minimum absolute atomic E-state index is 0.0578. The van der Waals surface area contributed by atoms with Crippen LogP contribution < -0.4 is 10.0 Å². The van der Waals surface area contributed by atoms with Gasteiger partial charge in [-0.3, -0.25) is 14.8 Å². The van der Waals surface area contributed by atoms with E-state index in [-0.39, 0.29) is 5.03 Å². The molecule has 0 radical (unpaired) electrons. The van der Waals surface area contributed by atoms with Gasteiger partial charge in [0.25, 0.3) is 10.0 Å².